The van der Waals surface area contributed by atoms with Crippen LogP contribution in [-0.4, -0.2) is 54.8 Å². The van der Waals surface area contributed by atoms with Crippen molar-refractivity contribution in [2.24, 2.45) is 5.92 Å². The molecule has 0 radical (unpaired) electrons. The molecule has 1 heterocycles. The molecule has 5 nitrogen and oxygen atoms in total. The van der Waals surface area contributed by atoms with Crippen LogP contribution in [0.3, 0.4) is 0 Å². The van der Waals surface area contributed by atoms with E-state index in [9.17, 15) is 9.59 Å². The van der Waals surface area contributed by atoms with Gasteiger partial charge in [0.1, 0.15) is 0 Å². The van der Waals surface area contributed by atoms with Gasteiger partial charge < -0.3 is 10.2 Å². The first-order valence-corrected chi connectivity index (χ1v) is 10.3. The molecule has 0 aliphatic carbocycles. The van der Waals surface area contributed by atoms with Gasteiger partial charge in [-0.3, -0.25) is 14.5 Å². The molecular weight excluding hydrogens is 338 g/mol. The first-order chi connectivity index (χ1) is 12.9. The van der Waals surface area contributed by atoms with Crippen LogP contribution < -0.4 is 5.32 Å². The fourth-order valence-electron chi connectivity index (χ4n) is 3.66. The summed E-state index contributed by atoms with van der Waals surface area (Å²) in [5.74, 6) is 0.757. The highest BCUT2D eigenvalue weighted by Crippen LogP contribution is 2.24. The van der Waals surface area contributed by atoms with Gasteiger partial charge in [0.2, 0.25) is 11.8 Å². The number of carbonyl (C=O) groups is 2. The van der Waals surface area contributed by atoms with E-state index < -0.39 is 0 Å². The summed E-state index contributed by atoms with van der Waals surface area (Å²) in [5.41, 5.74) is 2.06. The number of para-hydroxylation sites is 1. The van der Waals surface area contributed by atoms with Crippen LogP contribution in [0.15, 0.2) is 24.3 Å². The first-order valence-electron chi connectivity index (χ1n) is 10.3. The van der Waals surface area contributed by atoms with E-state index >= 15 is 0 Å². The van der Waals surface area contributed by atoms with Gasteiger partial charge in [0.25, 0.3) is 0 Å². The zero-order chi connectivity index (χ0) is 19.8. The van der Waals surface area contributed by atoms with Gasteiger partial charge in [0.05, 0.1) is 6.54 Å². The minimum Gasteiger partial charge on any atom is -0.346 e. The minimum absolute atomic E-state index is 0.0212. The molecular formula is C22H35N3O2. The molecule has 1 aliphatic heterocycles. The maximum atomic E-state index is 12.5. The average molecular weight is 374 g/mol. The fourth-order valence-corrected chi connectivity index (χ4v) is 3.66. The monoisotopic (exact) mass is 373 g/mol. The molecule has 1 aliphatic rings. The van der Waals surface area contributed by atoms with Crippen LogP contribution in [0.5, 0.6) is 0 Å². The smallest absolute Gasteiger partial charge is 0.238 e. The maximum Gasteiger partial charge on any atom is 0.238 e. The highest BCUT2D eigenvalue weighted by molar-refractivity contribution is 5.93. The van der Waals surface area contributed by atoms with Crippen LogP contribution in [0.2, 0.25) is 0 Å². The predicted molar refractivity (Wildman–Crippen MR) is 111 cm³/mol. The van der Waals surface area contributed by atoms with E-state index in [4.69, 9.17) is 0 Å². The Kier molecular flexibility index (Phi) is 8.29. The van der Waals surface area contributed by atoms with Gasteiger partial charge in [-0.25, -0.2) is 0 Å². The van der Waals surface area contributed by atoms with E-state index in [1.54, 1.807) is 0 Å². The molecule has 1 aromatic carbocycles. The fraction of sp³-hybridized carbons (Fsp3) is 0.636. The Bertz CT molecular complexity index is 622. The lowest BCUT2D eigenvalue weighted by atomic mass is 9.95. The standard InChI is InChI=1S/C22H35N3O2/c1-5-6-13-24(4)22(27)18-11-14-25(15-12-18)16-21(26)23-20-10-8-7-9-19(20)17(2)3/h7-10,17-18H,5-6,11-16H2,1-4H3,(H,23,26). The van der Waals surface area contributed by atoms with Crippen molar-refractivity contribution in [3.05, 3.63) is 29.8 Å². The van der Waals surface area contributed by atoms with Gasteiger partial charge >= 0.3 is 0 Å². The second-order valence-corrected chi connectivity index (χ2v) is 7.95. The van der Waals surface area contributed by atoms with Gasteiger partial charge in [0.15, 0.2) is 0 Å². The zero-order valence-electron chi connectivity index (χ0n) is 17.3. The molecule has 0 atom stereocenters. The van der Waals surface area contributed by atoms with Crippen LogP contribution in [0.25, 0.3) is 0 Å². The Morgan fingerprint density at radius 3 is 2.52 bits per heavy atom. The minimum atomic E-state index is 0.0212. The van der Waals surface area contributed by atoms with E-state index in [1.807, 2.05) is 30.1 Å². The van der Waals surface area contributed by atoms with Crippen molar-refractivity contribution >= 4 is 17.5 Å². The van der Waals surface area contributed by atoms with Crippen molar-refractivity contribution in [2.45, 2.75) is 52.4 Å². The summed E-state index contributed by atoms with van der Waals surface area (Å²) >= 11 is 0. The van der Waals surface area contributed by atoms with Gasteiger partial charge in [-0.15, -0.1) is 0 Å². The molecule has 1 saturated heterocycles. The van der Waals surface area contributed by atoms with Gasteiger partial charge in [0, 0.05) is 25.2 Å². The van der Waals surface area contributed by atoms with Crippen molar-refractivity contribution in [1.29, 1.82) is 0 Å². The Labute approximate surface area is 164 Å². The maximum absolute atomic E-state index is 12.5. The largest absolute Gasteiger partial charge is 0.346 e. The second-order valence-electron chi connectivity index (χ2n) is 7.95. The van der Waals surface area contributed by atoms with Gasteiger partial charge in [-0.05, 0) is 49.9 Å². The number of anilines is 1. The number of piperidine rings is 1. The number of likely N-dealkylation sites (tertiary alicyclic amines) is 1. The van der Waals surface area contributed by atoms with Crippen LogP contribution in [0.1, 0.15) is 57.9 Å². The highest BCUT2D eigenvalue weighted by Gasteiger charge is 2.27. The topological polar surface area (TPSA) is 52.7 Å². The zero-order valence-corrected chi connectivity index (χ0v) is 17.3. The Balaban J connectivity index is 1.80. The van der Waals surface area contributed by atoms with E-state index in [2.05, 4.69) is 37.1 Å². The number of unbranched alkanes of at least 4 members (excludes halogenated alkanes) is 1. The van der Waals surface area contributed by atoms with E-state index in [0.29, 0.717) is 12.5 Å². The van der Waals surface area contributed by atoms with Crippen molar-refractivity contribution in [3.63, 3.8) is 0 Å². The molecule has 0 bridgehead atoms. The molecule has 0 saturated carbocycles. The molecule has 2 rings (SSSR count). The number of benzene rings is 1. The highest BCUT2D eigenvalue weighted by atomic mass is 16.2. The first kappa shape index (κ1) is 21.4. The van der Waals surface area contributed by atoms with E-state index in [0.717, 1.165) is 56.6 Å². The molecule has 0 aromatic heterocycles. The normalized spacial score (nSPS) is 15.7. The number of rotatable bonds is 8. The predicted octanol–water partition coefficient (Wildman–Crippen LogP) is 3.72. The SMILES string of the molecule is CCCCN(C)C(=O)C1CCN(CC(=O)Nc2ccccc2C(C)C)CC1. The summed E-state index contributed by atoms with van der Waals surface area (Å²) < 4.78 is 0. The number of amides is 2. The summed E-state index contributed by atoms with van der Waals surface area (Å²) in [4.78, 5) is 29.0. The number of nitrogens with one attached hydrogen (secondary N) is 1. The molecule has 150 valence electrons. The van der Waals surface area contributed by atoms with Crippen molar-refractivity contribution in [1.82, 2.24) is 9.80 Å². The van der Waals surface area contributed by atoms with Gasteiger partial charge in [-0.1, -0.05) is 45.4 Å². The molecule has 1 aromatic rings. The quantitative estimate of drug-likeness (QED) is 0.756. The van der Waals surface area contributed by atoms with Gasteiger partial charge in [-0.2, -0.15) is 0 Å². The van der Waals surface area contributed by atoms with Crippen LogP contribution >= 0.6 is 0 Å². The lowest BCUT2D eigenvalue weighted by Crippen LogP contribution is -2.43. The molecule has 0 unspecified atom stereocenters. The lowest BCUT2D eigenvalue weighted by Gasteiger charge is -2.32. The summed E-state index contributed by atoms with van der Waals surface area (Å²) in [6.45, 7) is 9.23. The molecule has 27 heavy (non-hydrogen) atoms. The molecule has 1 fully saturated rings. The number of carbonyl (C=O) groups excluding carboxylic acids is 2. The van der Waals surface area contributed by atoms with E-state index in [-0.39, 0.29) is 17.7 Å². The molecule has 5 heteroatoms. The Hall–Kier alpha value is -1.88. The average Bonchev–Trinajstić information content (AvgIpc) is 2.66. The molecule has 0 spiro atoms. The lowest BCUT2D eigenvalue weighted by molar-refractivity contribution is -0.135. The van der Waals surface area contributed by atoms with E-state index in [1.165, 1.54) is 0 Å². The van der Waals surface area contributed by atoms with Crippen molar-refractivity contribution in [2.75, 3.05) is 38.5 Å². The van der Waals surface area contributed by atoms with Crippen molar-refractivity contribution in [3.8, 4) is 0 Å². The number of hydrogen-bond donors (Lipinski definition) is 1. The van der Waals surface area contributed by atoms with Crippen LogP contribution in [0, 0.1) is 5.92 Å². The Morgan fingerprint density at radius 2 is 1.89 bits per heavy atom. The van der Waals surface area contributed by atoms with Crippen LogP contribution in [0.4, 0.5) is 5.69 Å². The number of hydrogen-bond acceptors (Lipinski definition) is 3. The summed E-state index contributed by atoms with van der Waals surface area (Å²) in [7, 11) is 1.91. The number of nitrogens with zero attached hydrogens (tertiary/aromatic N) is 2. The second kappa shape index (κ2) is 10.5. The summed E-state index contributed by atoms with van der Waals surface area (Å²) in [6, 6.07) is 7.98. The Morgan fingerprint density at radius 1 is 1.22 bits per heavy atom. The third-order valence-electron chi connectivity index (χ3n) is 5.38. The van der Waals surface area contributed by atoms with Crippen molar-refractivity contribution < 1.29 is 9.59 Å². The summed E-state index contributed by atoms with van der Waals surface area (Å²) in [5, 5.41) is 3.06. The third-order valence-corrected chi connectivity index (χ3v) is 5.38. The van der Waals surface area contributed by atoms with Crippen LogP contribution in [-0.2, 0) is 9.59 Å². The molecule has 2 amide bonds. The third kappa shape index (κ3) is 6.35. The summed E-state index contributed by atoms with van der Waals surface area (Å²) in [6.07, 6.45) is 3.83. The molecule has 1 N–H and O–H groups in total.